The molecule has 1 aromatic rings. The van der Waals surface area contributed by atoms with E-state index < -0.39 is 0 Å². The fourth-order valence-electron chi connectivity index (χ4n) is 2.26. The van der Waals surface area contributed by atoms with Crippen LogP contribution in [0.2, 0.25) is 0 Å². The van der Waals surface area contributed by atoms with Crippen LogP contribution in [0, 0.1) is 12.8 Å². The Morgan fingerprint density at radius 2 is 2.00 bits per heavy atom. The van der Waals surface area contributed by atoms with Gasteiger partial charge in [-0.2, -0.15) is 0 Å². The Hall–Kier alpha value is -0.860. The Morgan fingerprint density at radius 1 is 1.28 bits per heavy atom. The summed E-state index contributed by atoms with van der Waals surface area (Å²) in [6, 6.07) is 8.65. The normalized spacial score (nSPS) is 12.9. The van der Waals surface area contributed by atoms with Crippen LogP contribution in [0.3, 0.4) is 0 Å². The van der Waals surface area contributed by atoms with Gasteiger partial charge in [0.2, 0.25) is 0 Å². The van der Waals surface area contributed by atoms with E-state index in [-0.39, 0.29) is 0 Å². The molecule has 0 bridgehead atoms. The number of aryl methyl sites for hydroxylation is 1. The van der Waals surface area contributed by atoms with Crippen molar-refractivity contribution in [2.24, 2.45) is 5.92 Å². The Balaban J connectivity index is 2.33. The minimum atomic E-state index is 0.700. The van der Waals surface area contributed by atoms with Crippen molar-refractivity contribution in [3.63, 3.8) is 0 Å². The highest BCUT2D eigenvalue weighted by atomic mass is 15.1. The monoisotopic (exact) mass is 248 g/mol. The van der Waals surface area contributed by atoms with Gasteiger partial charge in [0, 0.05) is 13.1 Å². The van der Waals surface area contributed by atoms with Crippen LogP contribution in [0.25, 0.3) is 0 Å². The van der Waals surface area contributed by atoms with Crippen LogP contribution in [-0.2, 0) is 6.54 Å². The van der Waals surface area contributed by atoms with Crippen LogP contribution >= 0.6 is 0 Å². The van der Waals surface area contributed by atoms with Gasteiger partial charge in [0.15, 0.2) is 0 Å². The molecule has 0 aliphatic rings. The van der Waals surface area contributed by atoms with Gasteiger partial charge >= 0.3 is 0 Å². The van der Waals surface area contributed by atoms with Crippen molar-refractivity contribution in [3.05, 3.63) is 35.4 Å². The summed E-state index contributed by atoms with van der Waals surface area (Å²) in [4.78, 5) is 2.42. The Morgan fingerprint density at radius 3 is 2.67 bits per heavy atom. The molecule has 18 heavy (non-hydrogen) atoms. The van der Waals surface area contributed by atoms with Crippen molar-refractivity contribution in [3.8, 4) is 0 Å². The van der Waals surface area contributed by atoms with Crippen molar-refractivity contribution in [2.75, 3.05) is 26.7 Å². The third kappa shape index (κ3) is 5.65. The summed E-state index contributed by atoms with van der Waals surface area (Å²) in [7, 11) is 2.21. The Bertz CT molecular complexity index is 336. The summed E-state index contributed by atoms with van der Waals surface area (Å²) < 4.78 is 0. The van der Waals surface area contributed by atoms with Gasteiger partial charge in [-0.1, -0.05) is 38.1 Å². The molecule has 0 aliphatic heterocycles. The molecule has 0 fully saturated rings. The van der Waals surface area contributed by atoms with E-state index >= 15 is 0 Å². The van der Waals surface area contributed by atoms with E-state index in [1.54, 1.807) is 0 Å². The summed E-state index contributed by atoms with van der Waals surface area (Å²) in [6.07, 6.45) is 1.21. The van der Waals surface area contributed by atoms with Gasteiger partial charge in [0.1, 0.15) is 0 Å². The average Bonchev–Trinajstić information content (AvgIpc) is 2.32. The fraction of sp³-hybridized carbons (Fsp3) is 0.625. The van der Waals surface area contributed by atoms with Crippen LogP contribution in [0.5, 0.6) is 0 Å². The summed E-state index contributed by atoms with van der Waals surface area (Å²) in [5.41, 5.74) is 2.83. The molecular formula is C16H28N2. The smallest absolute Gasteiger partial charge is 0.0233 e. The van der Waals surface area contributed by atoms with E-state index in [0.717, 1.165) is 26.2 Å². The minimum absolute atomic E-state index is 0.700. The quantitative estimate of drug-likeness (QED) is 0.711. The molecule has 0 saturated carbocycles. The Kier molecular flexibility index (Phi) is 6.99. The van der Waals surface area contributed by atoms with Gasteiger partial charge in [-0.05, 0) is 50.5 Å². The van der Waals surface area contributed by atoms with Crippen molar-refractivity contribution in [2.45, 2.75) is 33.7 Å². The summed E-state index contributed by atoms with van der Waals surface area (Å²) >= 11 is 0. The van der Waals surface area contributed by atoms with Gasteiger partial charge in [0.05, 0.1) is 0 Å². The molecule has 1 rings (SSSR count). The molecule has 102 valence electrons. The van der Waals surface area contributed by atoms with Crippen molar-refractivity contribution in [1.82, 2.24) is 10.2 Å². The van der Waals surface area contributed by atoms with Crippen LogP contribution in [0.4, 0.5) is 0 Å². The molecule has 0 spiro atoms. The largest absolute Gasteiger partial charge is 0.316 e. The second-order valence-corrected chi connectivity index (χ2v) is 5.43. The van der Waals surface area contributed by atoms with E-state index in [0.29, 0.717) is 5.92 Å². The zero-order chi connectivity index (χ0) is 13.4. The van der Waals surface area contributed by atoms with Crippen LogP contribution in [-0.4, -0.2) is 31.6 Å². The predicted molar refractivity (Wildman–Crippen MR) is 79.8 cm³/mol. The van der Waals surface area contributed by atoms with Gasteiger partial charge in [-0.25, -0.2) is 0 Å². The summed E-state index contributed by atoms with van der Waals surface area (Å²) in [6.45, 7) is 11.2. The highest BCUT2D eigenvalue weighted by Crippen LogP contribution is 2.10. The molecule has 0 aliphatic carbocycles. The first-order valence-corrected chi connectivity index (χ1v) is 7.07. The van der Waals surface area contributed by atoms with Crippen LogP contribution in [0.15, 0.2) is 24.3 Å². The van der Waals surface area contributed by atoms with Crippen molar-refractivity contribution < 1.29 is 0 Å². The second-order valence-electron chi connectivity index (χ2n) is 5.43. The van der Waals surface area contributed by atoms with E-state index in [9.17, 15) is 0 Å². The van der Waals surface area contributed by atoms with E-state index in [1.807, 2.05) is 0 Å². The molecule has 0 saturated heterocycles. The Labute approximate surface area is 112 Å². The lowest BCUT2D eigenvalue weighted by atomic mass is 10.1. The topological polar surface area (TPSA) is 15.3 Å². The third-order valence-electron chi connectivity index (χ3n) is 3.24. The SMILES string of the molecule is CCCNCC(C)CN(C)Cc1ccccc1C. The molecule has 0 heterocycles. The molecule has 1 unspecified atom stereocenters. The number of nitrogens with zero attached hydrogens (tertiary/aromatic N) is 1. The molecular weight excluding hydrogens is 220 g/mol. The molecule has 0 radical (unpaired) electrons. The summed E-state index contributed by atoms with van der Waals surface area (Å²) in [5, 5.41) is 3.49. The maximum atomic E-state index is 3.49. The highest BCUT2D eigenvalue weighted by Gasteiger charge is 2.07. The highest BCUT2D eigenvalue weighted by molar-refractivity contribution is 5.25. The lowest BCUT2D eigenvalue weighted by Gasteiger charge is -2.22. The van der Waals surface area contributed by atoms with Gasteiger partial charge in [-0.3, -0.25) is 0 Å². The molecule has 1 aromatic carbocycles. The van der Waals surface area contributed by atoms with Crippen LogP contribution in [0.1, 0.15) is 31.4 Å². The number of hydrogen-bond acceptors (Lipinski definition) is 2. The zero-order valence-corrected chi connectivity index (χ0v) is 12.4. The molecule has 1 atom stereocenters. The first-order valence-electron chi connectivity index (χ1n) is 7.07. The lowest BCUT2D eigenvalue weighted by molar-refractivity contribution is 0.274. The van der Waals surface area contributed by atoms with Gasteiger partial charge < -0.3 is 10.2 Å². The average molecular weight is 248 g/mol. The first kappa shape index (κ1) is 15.2. The lowest BCUT2D eigenvalue weighted by Crippen LogP contribution is -2.31. The number of nitrogens with one attached hydrogen (secondary N) is 1. The van der Waals surface area contributed by atoms with Crippen molar-refractivity contribution >= 4 is 0 Å². The van der Waals surface area contributed by atoms with Crippen LogP contribution < -0.4 is 5.32 Å². The number of benzene rings is 1. The number of rotatable bonds is 8. The zero-order valence-electron chi connectivity index (χ0n) is 12.4. The molecule has 0 aromatic heterocycles. The number of hydrogen-bond donors (Lipinski definition) is 1. The van der Waals surface area contributed by atoms with Crippen molar-refractivity contribution in [1.29, 1.82) is 0 Å². The fourth-order valence-corrected chi connectivity index (χ4v) is 2.26. The van der Waals surface area contributed by atoms with Gasteiger partial charge in [-0.15, -0.1) is 0 Å². The first-order chi connectivity index (χ1) is 8.63. The molecule has 0 amide bonds. The maximum Gasteiger partial charge on any atom is 0.0233 e. The predicted octanol–water partition coefficient (Wildman–Crippen LogP) is 3.06. The van der Waals surface area contributed by atoms with E-state index in [2.05, 4.69) is 62.3 Å². The maximum absolute atomic E-state index is 3.49. The standard InChI is InChI=1S/C16H28N2/c1-5-10-17-11-14(2)12-18(4)13-16-9-7-6-8-15(16)3/h6-9,14,17H,5,10-13H2,1-4H3. The summed E-state index contributed by atoms with van der Waals surface area (Å²) in [5.74, 6) is 0.700. The van der Waals surface area contributed by atoms with Gasteiger partial charge in [0.25, 0.3) is 0 Å². The van der Waals surface area contributed by atoms with E-state index in [4.69, 9.17) is 0 Å². The molecule has 1 N–H and O–H groups in total. The second kappa shape index (κ2) is 8.28. The minimum Gasteiger partial charge on any atom is -0.316 e. The van der Waals surface area contributed by atoms with E-state index in [1.165, 1.54) is 17.5 Å². The third-order valence-corrected chi connectivity index (χ3v) is 3.24. The molecule has 2 heteroatoms. The molecule has 2 nitrogen and oxygen atoms in total.